The molecule has 0 aliphatic heterocycles. The summed E-state index contributed by atoms with van der Waals surface area (Å²) < 4.78 is 111. The number of aromatic nitrogens is 1. The molecule has 4 rings (SSSR count). The number of benzene rings is 3. The third-order valence-electron chi connectivity index (χ3n) is 8.76. The summed E-state index contributed by atoms with van der Waals surface area (Å²) >= 11 is 0. The molecular formula is C42H51F5N6O8S. The summed E-state index contributed by atoms with van der Waals surface area (Å²) in [6, 6.07) is 10.3. The monoisotopic (exact) mass is 894 g/mol. The van der Waals surface area contributed by atoms with E-state index in [4.69, 9.17) is 19.9 Å². The summed E-state index contributed by atoms with van der Waals surface area (Å²) in [6.45, 7) is 8.51. The summed E-state index contributed by atoms with van der Waals surface area (Å²) in [5, 5.41) is 2.86. The van der Waals surface area contributed by atoms with Gasteiger partial charge in [0, 0.05) is 42.3 Å². The van der Waals surface area contributed by atoms with Gasteiger partial charge in [-0.05, 0) is 127 Å². The van der Waals surface area contributed by atoms with Crippen LogP contribution < -0.4 is 20.7 Å². The summed E-state index contributed by atoms with van der Waals surface area (Å²) in [4.78, 5) is 48.3. The van der Waals surface area contributed by atoms with Gasteiger partial charge in [0.05, 0.1) is 11.1 Å². The fourth-order valence-corrected chi connectivity index (χ4v) is 6.98. The van der Waals surface area contributed by atoms with Crippen LogP contribution in [-0.2, 0) is 37.1 Å². The first-order valence-electron chi connectivity index (χ1n) is 19.1. The lowest BCUT2D eigenvalue weighted by molar-refractivity contribution is -0.131. The van der Waals surface area contributed by atoms with E-state index in [0.29, 0.717) is 17.0 Å². The topological polar surface area (TPSA) is 174 Å². The van der Waals surface area contributed by atoms with Crippen LogP contribution in [0.15, 0.2) is 65.7 Å². The number of carbonyl (C=O) groups excluding carboxylic acids is 3. The van der Waals surface area contributed by atoms with Crippen LogP contribution in [0.3, 0.4) is 0 Å². The van der Waals surface area contributed by atoms with E-state index < -0.39 is 81.2 Å². The number of sulfone groups is 1. The minimum atomic E-state index is -5.13. The van der Waals surface area contributed by atoms with Crippen molar-refractivity contribution in [2.75, 3.05) is 50.2 Å². The average Bonchev–Trinajstić information content (AvgIpc) is 3.14. The van der Waals surface area contributed by atoms with Gasteiger partial charge in [-0.3, -0.25) is 4.79 Å². The highest BCUT2D eigenvalue weighted by Gasteiger charge is 2.36. The number of imide groups is 1. The Hall–Kier alpha value is -5.76. The molecule has 0 fully saturated rings. The first-order chi connectivity index (χ1) is 28.7. The summed E-state index contributed by atoms with van der Waals surface area (Å²) in [5.41, 5.74) is 4.42. The Morgan fingerprint density at radius 2 is 1.47 bits per heavy atom. The lowest BCUT2D eigenvalue weighted by Crippen LogP contribution is -2.44. The Balaban J connectivity index is 1.88. The van der Waals surface area contributed by atoms with Gasteiger partial charge in [-0.2, -0.15) is 13.7 Å². The summed E-state index contributed by atoms with van der Waals surface area (Å²) in [6.07, 6.45) is -4.02. The van der Waals surface area contributed by atoms with Gasteiger partial charge in [-0.1, -0.05) is 6.07 Å². The molecule has 0 radical (unpaired) electrons. The number of ether oxygens (including phenoxy) is 3. The Kier molecular flexibility index (Phi) is 15.4. The van der Waals surface area contributed by atoms with E-state index in [1.807, 2.05) is 4.90 Å². The van der Waals surface area contributed by atoms with E-state index in [1.54, 1.807) is 61.7 Å². The van der Waals surface area contributed by atoms with E-state index >= 15 is 4.39 Å². The van der Waals surface area contributed by atoms with Crippen LogP contribution in [0.5, 0.6) is 5.75 Å². The van der Waals surface area contributed by atoms with Crippen molar-refractivity contribution in [2.24, 2.45) is 0 Å². The van der Waals surface area contributed by atoms with Crippen molar-refractivity contribution < 1.29 is 59.0 Å². The molecule has 338 valence electrons. The second-order valence-corrected chi connectivity index (χ2v) is 18.4. The number of alkyl halides is 4. The smallest absolute Gasteiger partial charge is 0.425 e. The van der Waals surface area contributed by atoms with Gasteiger partial charge >= 0.3 is 17.9 Å². The molecule has 1 unspecified atom stereocenters. The van der Waals surface area contributed by atoms with E-state index in [1.165, 1.54) is 37.4 Å². The second kappa shape index (κ2) is 19.5. The van der Waals surface area contributed by atoms with E-state index in [2.05, 4.69) is 10.3 Å². The number of pyridine rings is 1. The fourth-order valence-electron chi connectivity index (χ4n) is 6.04. The molecule has 3 aromatic carbocycles. The zero-order valence-electron chi connectivity index (χ0n) is 35.8. The molecule has 4 aromatic rings. The molecule has 0 aliphatic carbocycles. The maximum Gasteiger partial charge on any atom is 0.425 e. The molecule has 1 aromatic heterocycles. The van der Waals surface area contributed by atoms with Crippen molar-refractivity contribution in [3.63, 3.8) is 0 Å². The molecule has 0 bridgehead atoms. The standard InChI is InChI=1S/C42H51F5N6O8S/c1-41(2,3)60-39(55)53(40(56)61-42(4,5)6)36-29-13-12-28(20-30(29)31(43)21-49-36)50-35(25-10-14-32(59-23-34(44)45)24(18-25)16-17-51(7)8)37(54)52(9)22-26-19-27(48)11-15-33(26)62(57,58)38(46)47/h10-15,18-21,34-35,38,50H,16-17,22-23,48H2,1-9H3. The zero-order chi connectivity index (χ0) is 46.5. The van der Waals surface area contributed by atoms with E-state index in [9.17, 15) is 40.4 Å². The lowest BCUT2D eigenvalue weighted by Gasteiger charge is -2.29. The van der Waals surface area contributed by atoms with Gasteiger partial charge in [0.15, 0.2) is 5.82 Å². The first kappa shape index (κ1) is 48.9. The number of nitrogens with zero attached hydrogens (tertiary/aromatic N) is 4. The van der Waals surface area contributed by atoms with Gasteiger partial charge in [-0.25, -0.2) is 36.2 Å². The average molecular weight is 895 g/mol. The van der Waals surface area contributed by atoms with Gasteiger partial charge in [0.25, 0.3) is 6.43 Å². The zero-order valence-corrected chi connectivity index (χ0v) is 36.6. The normalized spacial score (nSPS) is 12.7. The van der Waals surface area contributed by atoms with Crippen molar-refractivity contribution in [1.82, 2.24) is 14.8 Å². The van der Waals surface area contributed by atoms with Crippen LogP contribution in [0.4, 0.5) is 48.7 Å². The quantitative estimate of drug-likeness (QED) is 0.0867. The van der Waals surface area contributed by atoms with E-state index in [-0.39, 0.29) is 51.3 Å². The number of anilines is 3. The molecule has 0 aliphatic rings. The molecule has 1 atom stereocenters. The predicted octanol–water partition coefficient (Wildman–Crippen LogP) is 8.19. The van der Waals surface area contributed by atoms with Gasteiger partial charge in [0.1, 0.15) is 35.4 Å². The van der Waals surface area contributed by atoms with E-state index in [0.717, 1.165) is 29.3 Å². The Labute approximate surface area is 357 Å². The minimum Gasteiger partial charge on any atom is -0.487 e. The predicted molar refractivity (Wildman–Crippen MR) is 224 cm³/mol. The molecule has 20 heteroatoms. The number of nitrogen functional groups attached to an aromatic ring is 1. The molecule has 0 spiro atoms. The van der Waals surface area contributed by atoms with Crippen LogP contribution in [0.2, 0.25) is 0 Å². The van der Waals surface area contributed by atoms with Crippen LogP contribution >= 0.6 is 0 Å². The van der Waals surface area contributed by atoms with Crippen LogP contribution in [-0.4, -0.2) is 99.0 Å². The maximum atomic E-state index is 15.7. The number of hydrogen-bond acceptors (Lipinski definition) is 12. The molecule has 62 heavy (non-hydrogen) atoms. The van der Waals surface area contributed by atoms with Crippen molar-refractivity contribution in [1.29, 1.82) is 0 Å². The second-order valence-electron chi connectivity index (χ2n) is 16.6. The first-order valence-corrected chi connectivity index (χ1v) is 20.7. The third-order valence-corrected chi connectivity index (χ3v) is 10.2. The SMILES string of the molecule is CN(C)CCc1cc(C(Nc2ccc3c(N(C(=O)OC(C)(C)C)C(=O)OC(C)(C)C)ncc(F)c3c2)C(=O)N(C)Cc2cc(N)ccc2S(=O)(=O)C(F)F)ccc1OCC(F)F. The largest absolute Gasteiger partial charge is 0.487 e. The number of rotatable bonds is 15. The van der Waals surface area contributed by atoms with Crippen molar-refractivity contribution in [2.45, 2.75) is 88.8 Å². The van der Waals surface area contributed by atoms with Gasteiger partial charge in [-0.15, -0.1) is 0 Å². The molecule has 0 saturated heterocycles. The Morgan fingerprint density at radius 3 is 2.03 bits per heavy atom. The molecule has 3 N–H and O–H groups in total. The number of likely N-dealkylation sites (N-methyl/N-ethyl adjacent to an activating group) is 2. The lowest BCUT2D eigenvalue weighted by atomic mass is 9.99. The maximum absolute atomic E-state index is 15.7. The highest BCUT2D eigenvalue weighted by molar-refractivity contribution is 7.91. The number of amides is 3. The van der Waals surface area contributed by atoms with Gasteiger partial charge < -0.3 is 35.1 Å². The number of fused-ring (bicyclic) bond motifs is 1. The van der Waals surface area contributed by atoms with Crippen molar-refractivity contribution in [3.05, 3.63) is 83.3 Å². The van der Waals surface area contributed by atoms with Gasteiger partial charge in [0.2, 0.25) is 15.7 Å². The van der Waals surface area contributed by atoms with Crippen LogP contribution in [0.1, 0.15) is 64.3 Å². The third kappa shape index (κ3) is 12.7. The molecule has 3 amide bonds. The molecule has 0 saturated carbocycles. The highest BCUT2D eigenvalue weighted by Crippen LogP contribution is 2.35. The van der Waals surface area contributed by atoms with Crippen LogP contribution in [0, 0.1) is 5.82 Å². The van der Waals surface area contributed by atoms with Crippen LogP contribution in [0.25, 0.3) is 10.8 Å². The summed E-state index contributed by atoms with van der Waals surface area (Å²) in [5.74, 6) is -5.60. The number of halogens is 5. The van der Waals surface area contributed by atoms with Crippen molar-refractivity contribution >= 4 is 55.9 Å². The van der Waals surface area contributed by atoms with Crippen molar-refractivity contribution in [3.8, 4) is 5.75 Å². The fraction of sp³-hybridized carbons (Fsp3) is 0.429. The number of nitrogens with two attached hydrogens (primary N) is 1. The molecular weight excluding hydrogens is 844 g/mol. The highest BCUT2D eigenvalue weighted by atomic mass is 32.2. The Morgan fingerprint density at radius 1 is 0.839 bits per heavy atom. The number of carbonyl (C=O) groups is 3. The number of nitrogens with one attached hydrogen (secondary N) is 1. The number of hydrogen-bond donors (Lipinski definition) is 2. The molecule has 1 heterocycles. The molecule has 14 nitrogen and oxygen atoms in total. The summed E-state index contributed by atoms with van der Waals surface area (Å²) in [7, 11) is -0.240. The Bertz CT molecular complexity index is 2360. The minimum absolute atomic E-state index is 0.0341.